The molecule has 0 saturated carbocycles. The molecule has 7 heteroatoms. The molecule has 2 rings (SSSR count). The SMILES string of the molecule is CCOc1ccc(N)c(S(=O)(=O)CCN2CCOCC2)c1. The fraction of sp³-hybridized carbons (Fsp3) is 0.571. The second-order valence-corrected chi connectivity index (χ2v) is 6.98. The van der Waals surface area contributed by atoms with Crippen molar-refractivity contribution < 1.29 is 17.9 Å². The van der Waals surface area contributed by atoms with Crippen molar-refractivity contribution in [1.82, 2.24) is 4.90 Å². The van der Waals surface area contributed by atoms with Crippen LogP contribution in [0.2, 0.25) is 0 Å². The van der Waals surface area contributed by atoms with Crippen LogP contribution in [0.15, 0.2) is 23.1 Å². The average molecular weight is 314 g/mol. The van der Waals surface area contributed by atoms with Crippen LogP contribution in [-0.2, 0) is 14.6 Å². The molecule has 6 nitrogen and oxygen atoms in total. The van der Waals surface area contributed by atoms with Crippen LogP contribution in [0.4, 0.5) is 5.69 Å². The number of benzene rings is 1. The van der Waals surface area contributed by atoms with Crippen LogP contribution >= 0.6 is 0 Å². The fourth-order valence-corrected chi connectivity index (χ4v) is 3.67. The highest BCUT2D eigenvalue weighted by Crippen LogP contribution is 2.25. The highest BCUT2D eigenvalue weighted by molar-refractivity contribution is 7.91. The minimum Gasteiger partial charge on any atom is -0.494 e. The number of anilines is 1. The van der Waals surface area contributed by atoms with Crippen LogP contribution in [0.5, 0.6) is 5.75 Å². The summed E-state index contributed by atoms with van der Waals surface area (Å²) in [4.78, 5) is 2.24. The first-order valence-corrected chi connectivity index (χ1v) is 8.73. The summed E-state index contributed by atoms with van der Waals surface area (Å²) in [5.41, 5.74) is 6.08. The summed E-state index contributed by atoms with van der Waals surface area (Å²) in [5.74, 6) is 0.573. The van der Waals surface area contributed by atoms with Gasteiger partial charge in [-0.05, 0) is 19.1 Å². The number of nitrogens with two attached hydrogens (primary N) is 1. The average Bonchev–Trinajstić information content (AvgIpc) is 2.48. The minimum atomic E-state index is -3.42. The quantitative estimate of drug-likeness (QED) is 0.781. The van der Waals surface area contributed by atoms with E-state index in [1.165, 1.54) is 6.07 Å². The molecule has 0 spiro atoms. The summed E-state index contributed by atoms with van der Waals surface area (Å²) in [6, 6.07) is 4.76. The van der Waals surface area contributed by atoms with Gasteiger partial charge in [0, 0.05) is 25.7 Å². The van der Waals surface area contributed by atoms with Gasteiger partial charge < -0.3 is 15.2 Å². The third-order valence-corrected chi connectivity index (χ3v) is 5.15. The molecule has 2 N–H and O–H groups in total. The Morgan fingerprint density at radius 3 is 2.71 bits per heavy atom. The van der Waals surface area contributed by atoms with Crippen molar-refractivity contribution in [3.63, 3.8) is 0 Å². The number of ether oxygens (including phenoxy) is 2. The molecule has 1 saturated heterocycles. The van der Waals surface area contributed by atoms with E-state index in [2.05, 4.69) is 4.90 Å². The van der Waals surface area contributed by atoms with E-state index in [1.807, 2.05) is 6.92 Å². The molecular weight excluding hydrogens is 292 g/mol. The van der Waals surface area contributed by atoms with Crippen molar-refractivity contribution >= 4 is 15.5 Å². The molecule has 1 aromatic carbocycles. The monoisotopic (exact) mass is 314 g/mol. The Labute approximate surface area is 125 Å². The van der Waals surface area contributed by atoms with Crippen LogP contribution < -0.4 is 10.5 Å². The zero-order valence-electron chi connectivity index (χ0n) is 12.2. The Hall–Kier alpha value is -1.31. The van der Waals surface area contributed by atoms with Crippen molar-refractivity contribution in [1.29, 1.82) is 0 Å². The summed E-state index contributed by atoms with van der Waals surface area (Å²) in [6.45, 7) is 5.67. The largest absolute Gasteiger partial charge is 0.494 e. The molecule has 0 radical (unpaired) electrons. The predicted octanol–water partition coefficient (Wildman–Crippen LogP) is 0.773. The maximum atomic E-state index is 12.5. The first-order chi connectivity index (χ1) is 10.0. The van der Waals surface area contributed by atoms with Gasteiger partial charge in [-0.15, -0.1) is 0 Å². The van der Waals surface area contributed by atoms with Gasteiger partial charge >= 0.3 is 0 Å². The second-order valence-electron chi connectivity index (χ2n) is 4.91. The Morgan fingerprint density at radius 1 is 1.33 bits per heavy atom. The Kier molecular flexibility index (Phi) is 5.44. The highest BCUT2D eigenvalue weighted by atomic mass is 32.2. The van der Waals surface area contributed by atoms with Gasteiger partial charge in [0.25, 0.3) is 0 Å². The van der Waals surface area contributed by atoms with E-state index in [0.717, 1.165) is 13.1 Å². The lowest BCUT2D eigenvalue weighted by molar-refractivity contribution is 0.0408. The smallest absolute Gasteiger partial charge is 0.181 e. The third-order valence-electron chi connectivity index (χ3n) is 3.41. The van der Waals surface area contributed by atoms with Gasteiger partial charge in [-0.1, -0.05) is 0 Å². The highest BCUT2D eigenvalue weighted by Gasteiger charge is 2.21. The topological polar surface area (TPSA) is 81.9 Å². The van der Waals surface area contributed by atoms with Gasteiger partial charge in [-0.3, -0.25) is 4.90 Å². The van der Waals surface area contributed by atoms with Crippen molar-refractivity contribution in [2.45, 2.75) is 11.8 Å². The number of nitrogens with zero attached hydrogens (tertiary/aromatic N) is 1. The van der Waals surface area contributed by atoms with Crippen LogP contribution in [0.1, 0.15) is 6.92 Å². The van der Waals surface area contributed by atoms with E-state index >= 15 is 0 Å². The normalized spacial score (nSPS) is 16.8. The Balaban J connectivity index is 2.08. The molecular formula is C14H22N2O4S. The molecule has 0 unspecified atom stereocenters. The van der Waals surface area contributed by atoms with Gasteiger partial charge in [0.1, 0.15) is 5.75 Å². The van der Waals surface area contributed by atoms with E-state index in [1.54, 1.807) is 12.1 Å². The lowest BCUT2D eigenvalue weighted by Crippen LogP contribution is -2.39. The molecule has 0 amide bonds. The van der Waals surface area contributed by atoms with Gasteiger partial charge in [-0.2, -0.15) is 0 Å². The standard InChI is InChI=1S/C14H22N2O4S/c1-2-20-12-3-4-13(15)14(11-12)21(17,18)10-7-16-5-8-19-9-6-16/h3-4,11H,2,5-10,15H2,1H3. The first kappa shape index (κ1) is 16.1. The van der Waals surface area contributed by atoms with Gasteiger partial charge in [0.2, 0.25) is 0 Å². The van der Waals surface area contributed by atoms with Crippen molar-refractivity contribution in [2.75, 3.05) is 50.9 Å². The molecule has 0 aromatic heterocycles. The molecule has 1 fully saturated rings. The minimum absolute atomic E-state index is 0.0484. The van der Waals surface area contributed by atoms with Crippen LogP contribution in [0.3, 0.4) is 0 Å². The molecule has 0 aliphatic carbocycles. The number of sulfone groups is 1. The van der Waals surface area contributed by atoms with E-state index in [-0.39, 0.29) is 16.3 Å². The maximum Gasteiger partial charge on any atom is 0.181 e. The molecule has 1 heterocycles. The van der Waals surface area contributed by atoms with E-state index in [4.69, 9.17) is 15.2 Å². The van der Waals surface area contributed by atoms with Crippen LogP contribution in [0, 0.1) is 0 Å². The number of rotatable bonds is 6. The first-order valence-electron chi connectivity index (χ1n) is 7.08. The van der Waals surface area contributed by atoms with E-state index in [0.29, 0.717) is 32.1 Å². The van der Waals surface area contributed by atoms with Gasteiger partial charge in [0.05, 0.1) is 36.2 Å². The molecule has 1 aliphatic heterocycles. The maximum absolute atomic E-state index is 12.5. The molecule has 0 bridgehead atoms. The van der Waals surface area contributed by atoms with E-state index in [9.17, 15) is 8.42 Å². The Bertz CT molecular complexity index is 568. The molecule has 1 aliphatic rings. The zero-order chi connectivity index (χ0) is 15.3. The summed E-state index contributed by atoms with van der Waals surface area (Å²) >= 11 is 0. The molecule has 1 aromatic rings. The summed E-state index contributed by atoms with van der Waals surface area (Å²) in [5, 5.41) is 0. The number of hydrogen-bond donors (Lipinski definition) is 1. The number of nitrogen functional groups attached to an aromatic ring is 1. The summed E-state index contributed by atoms with van der Waals surface area (Å²) in [6.07, 6.45) is 0. The van der Waals surface area contributed by atoms with Crippen molar-refractivity contribution in [2.24, 2.45) is 0 Å². The number of hydrogen-bond acceptors (Lipinski definition) is 6. The van der Waals surface area contributed by atoms with Crippen LogP contribution in [-0.4, -0.2) is 58.5 Å². The summed E-state index contributed by atoms with van der Waals surface area (Å²) < 4.78 is 35.5. The number of morpholine rings is 1. The van der Waals surface area contributed by atoms with Crippen molar-refractivity contribution in [3.8, 4) is 5.75 Å². The lowest BCUT2D eigenvalue weighted by atomic mass is 10.3. The lowest BCUT2D eigenvalue weighted by Gasteiger charge is -2.26. The summed E-state index contributed by atoms with van der Waals surface area (Å²) in [7, 11) is -3.42. The molecule has 21 heavy (non-hydrogen) atoms. The molecule has 0 atom stereocenters. The van der Waals surface area contributed by atoms with Gasteiger partial charge in [0.15, 0.2) is 9.84 Å². The van der Waals surface area contributed by atoms with Gasteiger partial charge in [-0.25, -0.2) is 8.42 Å². The third kappa shape index (κ3) is 4.33. The predicted molar refractivity (Wildman–Crippen MR) is 81.3 cm³/mol. The van der Waals surface area contributed by atoms with E-state index < -0.39 is 9.84 Å². The molecule has 118 valence electrons. The fourth-order valence-electron chi connectivity index (χ4n) is 2.22. The Morgan fingerprint density at radius 2 is 2.05 bits per heavy atom. The van der Waals surface area contributed by atoms with Crippen molar-refractivity contribution in [3.05, 3.63) is 18.2 Å². The zero-order valence-corrected chi connectivity index (χ0v) is 13.1. The van der Waals surface area contributed by atoms with Crippen LogP contribution in [0.25, 0.3) is 0 Å². The second kappa shape index (κ2) is 7.11.